The fourth-order valence-corrected chi connectivity index (χ4v) is 4.10. The van der Waals surface area contributed by atoms with Crippen molar-refractivity contribution >= 4 is 35.1 Å². The second-order valence-electron chi connectivity index (χ2n) is 6.64. The summed E-state index contributed by atoms with van der Waals surface area (Å²) in [6.45, 7) is 4.77. The molecule has 0 N–H and O–H groups in total. The summed E-state index contributed by atoms with van der Waals surface area (Å²) >= 11 is 7.61. The number of aryl methyl sites for hydroxylation is 1. The van der Waals surface area contributed by atoms with Crippen LogP contribution in [0.15, 0.2) is 48.3 Å². The molecule has 3 aromatic rings. The summed E-state index contributed by atoms with van der Waals surface area (Å²) in [6, 6.07) is 5.79. The number of hydrogen-bond acceptors (Lipinski definition) is 7. The van der Waals surface area contributed by atoms with Crippen molar-refractivity contribution in [3.63, 3.8) is 0 Å². The van der Waals surface area contributed by atoms with E-state index in [0.29, 0.717) is 29.0 Å². The molecule has 29 heavy (non-hydrogen) atoms. The Hall–Kier alpha value is -2.65. The van der Waals surface area contributed by atoms with Crippen LogP contribution < -0.4 is 4.90 Å². The molecule has 0 unspecified atom stereocenters. The van der Waals surface area contributed by atoms with Crippen molar-refractivity contribution in [1.82, 2.24) is 29.6 Å². The van der Waals surface area contributed by atoms with Crippen LogP contribution in [0.4, 0.5) is 5.82 Å². The van der Waals surface area contributed by atoms with Crippen molar-refractivity contribution in [1.29, 1.82) is 0 Å². The first kappa shape index (κ1) is 19.7. The van der Waals surface area contributed by atoms with Crippen LogP contribution in [0, 0.1) is 6.92 Å². The zero-order valence-corrected chi connectivity index (χ0v) is 17.5. The molecule has 0 aliphatic carbocycles. The lowest BCUT2D eigenvalue weighted by Crippen LogP contribution is -2.49. The van der Waals surface area contributed by atoms with Crippen LogP contribution >= 0.6 is 23.4 Å². The predicted octanol–water partition coefficient (Wildman–Crippen LogP) is 2.46. The van der Waals surface area contributed by atoms with E-state index in [9.17, 15) is 4.79 Å². The van der Waals surface area contributed by atoms with E-state index in [1.54, 1.807) is 24.9 Å². The summed E-state index contributed by atoms with van der Waals surface area (Å²) in [4.78, 5) is 25.1. The van der Waals surface area contributed by atoms with Crippen LogP contribution in [0.1, 0.15) is 5.56 Å². The molecule has 0 bridgehead atoms. The van der Waals surface area contributed by atoms with Gasteiger partial charge in [0.15, 0.2) is 5.16 Å². The molecule has 150 valence electrons. The molecule has 1 fully saturated rings. The molecule has 2 aromatic heterocycles. The Balaban J connectivity index is 1.34. The van der Waals surface area contributed by atoms with Gasteiger partial charge in [0.25, 0.3) is 0 Å². The minimum Gasteiger partial charge on any atom is -0.352 e. The highest BCUT2D eigenvalue weighted by molar-refractivity contribution is 7.99. The van der Waals surface area contributed by atoms with Gasteiger partial charge in [-0.1, -0.05) is 29.4 Å². The number of hydrogen-bond donors (Lipinski definition) is 0. The number of carbonyl (C=O) groups excluding carboxylic acids is 1. The van der Waals surface area contributed by atoms with Crippen molar-refractivity contribution in [3.05, 3.63) is 53.7 Å². The Labute approximate surface area is 177 Å². The summed E-state index contributed by atoms with van der Waals surface area (Å²) in [5.74, 6) is 1.24. The summed E-state index contributed by atoms with van der Waals surface area (Å²) in [5, 5.41) is 9.49. The van der Waals surface area contributed by atoms with Crippen molar-refractivity contribution in [2.75, 3.05) is 36.8 Å². The highest BCUT2D eigenvalue weighted by Gasteiger charge is 2.22. The van der Waals surface area contributed by atoms with Gasteiger partial charge in [-0.3, -0.25) is 14.3 Å². The van der Waals surface area contributed by atoms with Crippen LogP contribution in [0.3, 0.4) is 0 Å². The van der Waals surface area contributed by atoms with Crippen LogP contribution in [-0.4, -0.2) is 67.5 Å². The topological polar surface area (TPSA) is 80.0 Å². The van der Waals surface area contributed by atoms with Crippen LogP contribution in [0.5, 0.6) is 0 Å². The van der Waals surface area contributed by atoms with Gasteiger partial charge < -0.3 is 9.80 Å². The summed E-state index contributed by atoms with van der Waals surface area (Å²) in [5.41, 5.74) is 1.88. The van der Waals surface area contributed by atoms with Gasteiger partial charge in [-0.05, 0) is 24.6 Å². The van der Waals surface area contributed by atoms with E-state index < -0.39 is 0 Å². The third-order valence-electron chi connectivity index (χ3n) is 4.78. The first-order chi connectivity index (χ1) is 14.1. The van der Waals surface area contributed by atoms with E-state index in [-0.39, 0.29) is 5.91 Å². The van der Waals surface area contributed by atoms with E-state index in [4.69, 9.17) is 11.6 Å². The third kappa shape index (κ3) is 4.51. The second-order valence-corrected chi connectivity index (χ2v) is 7.99. The fraction of sp³-hybridized carbons (Fsp3) is 0.316. The van der Waals surface area contributed by atoms with Gasteiger partial charge in [0.2, 0.25) is 5.91 Å². The first-order valence-electron chi connectivity index (χ1n) is 9.20. The number of nitrogens with zero attached hydrogens (tertiary/aromatic N) is 7. The van der Waals surface area contributed by atoms with E-state index in [1.165, 1.54) is 11.8 Å². The van der Waals surface area contributed by atoms with Gasteiger partial charge in [0.1, 0.15) is 12.1 Å². The summed E-state index contributed by atoms with van der Waals surface area (Å²) < 4.78 is 1.84. The van der Waals surface area contributed by atoms with E-state index in [2.05, 4.69) is 25.1 Å². The number of aromatic nitrogens is 5. The smallest absolute Gasteiger partial charge is 0.233 e. The average molecular weight is 430 g/mol. The monoisotopic (exact) mass is 429 g/mol. The number of halogens is 1. The number of piperazine rings is 1. The van der Waals surface area contributed by atoms with E-state index in [1.807, 2.05) is 34.6 Å². The van der Waals surface area contributed by atoms with Gasteiger partial charge in [0.05, 0.1) is 17.6 Å². The lowest BCUT2D eigenvalue weighted by atomic mass is 10.2. The second kappa shape index (κ2) is 8.79. The Morgan fingerprint density at radius 3 is 2.76 bits per heavy atom. The number of rotatable bonds is 5. The SMILES string of the molecule is Cc1ccc(-n2cnnc2SCC(=O)N2CCN(c3cnccn3)CC2)cc1Cl. The average Bonchev–Trinajstić information content (AvgIpc) is 3.23. The quantitative estimate of drug-likeness (QED) is 0.576. The zero-order chi connectivity index (χ0) is 20.2. The minimum atomic E-state index is 0.0882. The molecule has 0 atom stereocenters. The van der Waals surface area contributed by atoms with Crippen molar-refractivity contribution in [2.45, 2.75) is 12.1 Å². The number of amides is 1. The molecule has 1 aliphatic heterocycles. The maximum absolute atomic E-state index is 12.7. The molecule has 0 radical (unpaired) electrons. The van der Waals surface area contributed by atoms with Gasteiger partial charge >= 0.3 is 0 Å². The predicted molar refractivity (Wildman–Crippen MR) is 113 cm³/mol. The third-order valence-corrected chi connectivity index (χ3v) is 6.12. The normalized spacial score (nSPS) is 14.3. The van der Waals surface area contributed by atoms with Crippen LogP contribution in [0.25, 0.3) is 5.69 Å². The summed E-state index contributed by atoms with van der Waals surface area (Å²) in [6.07, 6.45) is 6.72. The zero-order valence-electron chi connectivity index (χ0n) is 15.9. The molecular formula is C19H20ClN7OS. The molecule has 3 heterocycles. The Morgan fingerprint density at radius 2 is 2.03 bits per heavy atom. The number of carbonyl (C=O) groups is 1. The fourth-order valence-electron chi connectivity index (χ4n) is 3.09. The molecule has 0 saturated carbocycles. The lowest BCUT2D eigenvalue weighted by molar-refractivity contribution is -0.128. The highest BCUT2D eigenvalue weighted by Crippen LogP contribution is 2.24. The van der Waals surface area contributed by atoms with Gasteiger partial charge in [-0.25, -0.2) is 4.98 Å². The van der Waals surface area contributed by atoms with Gasteiger partial charge in [-0.2, -0.15) is 0 Å². The molecule has 1 aliphatic rings. The van der Waals surface area contributed by atoms with Gasteiger partial charge in [-0.15, -0.1) is 10.2 Å². The largest absolute Gasteiger partial charge is 0.352 e. The van der Waals surface area contributed by atoms with Gasteiger partial charge in [0, 0.05) is 43.6 Å². The Morgan fingerprint density at radius 1 is 1.21 bits per heavy atom. The maximum Gasteiger partial charge on any atom is 0.233 e. The summed E-state index contributed by atoms with van der Waals surface area (Å²) in [7, 11) is 0. The van der Waals surface area contributed by atoms with Crippen molar-refractivity contribution in [3.8, 4) is 5.69 Å². The Kier molecular flexibility index (Phi) is 5.96. The molecule has 1 amide bonds. The first-order valence-corrected chi connectivity index (χ1v) is 10.6. The molecule has 4 rings (SSSR count). The van der Waals surface area contributed by atoms with Crippen LogP contribution in [0.2, 0.25) is 5.02 Å². The number of thioether (sulfide) groups is 1. The maximum atomic E-state index is 12.7. The molecular weight excluding hydrogens is 410 g/mol. The van der Waals surface area contributed by atoms with E-state index >= 15 is 0 Å². The number of benzene rings is 1. The lowest BCUT2D eigenvalue weighted by Gasteiger charge is -2.35. The molecule has 8 nitrogen and oxygen atoms in total. The van der Waals surface area contributed by atoms with Crippen molar-refractivity contribution < 1.29 is 4.79 Å². The molecule has 1 aromatic carbocycles. The molecule has 0 spiro atoms. The minimum absolute atomic E-state index is 0.0882. The van der Waals surface area contributed by atoms with Crippen LogP contribution in [-0.2, 0) is 4.79 Å². The number of anilines is 1. The molecule has 1 saturated heterocycles. The standard InChI is InChI=1S/C19H20ClN7OS/c1-14-2-3-15(10-16(14)20)27-13-23-24-19(27)29-12-18(28)26-8-6-25(7-9-26)17-11-21-4-5-22-17/h2-5,10-11,13H,6-9,12H2,1H3. The highest BCUT2D eigenvalue weighted by atomic mass is 35.5. The van der Waals surface area contributed by atoms with E-state index in [0.717, 1.165) is 30.2 Å². The molecule has 10 heteroatoms. The Bertz CT molecular complexity index is 989. The van der Waals surface area contributed by atoms with Crippen molar-refractivity contribution in [2.24, 2.45) is 0 Å².